The Bertz CT molecular complexity index is 972. The number of thioether (sulfide) groups is 1. The largest absolute Gasteiger partial charge is 0.497 e. The van der Waals surface area contributed by atoms with Gasteiger partial charge in [0.1, 0.15) is 5.75 Å². The molecule has 6 heteroatoms. The third kappa shape index (κ3) is 4.37. The summed E-state index contributed by atoms with van der Waals surface area (Å²) in [7, 11) is 1.65. The summed E-state index contributed by atoms with van der Waals surface area (Å²) < 4.78 is 8.43. The summed E-state index contributed by atoms with van der Waals surface area (Å²) in [5.74, 6) is 1.48. The number of thiazole rings is 1. The van der Waals surface area contributed by atoms with Crippen molar-refractivity contribution >= 4 is 39.2 Å². The SMILES string of the molecule is CCn1c(=NC(=O)CCSc2ccc(OC)cc2)sc2cc(C)ccc21. The smallest absolute Gasteiger partial charge is 0.249 e. The quantitative estimate of drug-likeness (QED) is 0.579. The molecule has 0 unspecified atom stereocenters. The standard InChI is InChI=1S/C20H22N2O2S2/c1-4-22-17-10-5-14(2)13-18(17)26-20(22)21-19(23)11-12-25-16-8-6-15(24-3)7-9-16/h5-10,13H,4,11-12H2,1-3H3. The molecular formula is C20H22N2O2S2. The predicted molar refractivity (Wildman–Crippen MR) is 109 cm³/mol. The fraction of sp³-hybridized carbons (Fsp3) is 0.300. The highest BCUT2D eigenvalue weighted by Gasteiger charge is 2.07. The van der Waals surface area contributed by atoms with Crippen molar-refractivity contribution in [2.24, 2.45) is 4.99 Å². The Morgan fingerprint density at radius 3 is 2.69 bits per heavy atom. The van der Waals surface area contributed by atoms with E-state index in [-0.39, 0.29) is 5.91 Å². The first kappa shape index (κ1) is 18.7. The molecule has 0 aliphatic heterocycles. The molecule has 3 aromatic rings. The van der Waals surface area contributed by atoms with Crippen molar-refractivity contribution in [2.45, 2.75) is 31.7 Å². The molecule has 1 amide bonds. The lowest BCUT2D eigenvalue weighted by molar-refractivity contribution is -0.117. The molecule has 0 aliphatic carbocycles. The minimum Gasteiger partial charge on any atom is -0.497 e. The van der Waals surface area contributed by atoms with Crippen molar-refractivity contribution in [1.29, 1.82) is 0 Å². The second kappa shape index (κ2) is 8.56. The molecule has 1 heterocycles. The number of aryl methyl sites for hydroxylation is 2. The van der Waals surface area contributed by atoms with Crippen LogP contribution in [0, 0.1) is 6.92 Å². The number of nitrogens with zero attached hydrogens (tertiary/aromatic N) is 2. The van der Waals surface area contributed by atoms with Crippen LogP contribution in [-0.2, 0) is 11.3 Å². The van der Waals surface area contributed by atoms with E-state index in [9.17, 15) is 4.79 Å². The van der Waals surface area contributed by atoms with Crippen molar-refractivity contribution in [3.05, 3.63) is 52.8 Å². The van der Waals surface area contributed by atoms with Crippen LogP contribution < -0.4 is 9.54 Å². The Balaban J connectivity index is 1.69. The summed E-state index contributed by atoms with van der Waals surface area (Å²) in [6.07, 6.45) is 0.424. The first-order chi connectivity index (χ1) is 12.6. The topological polar surface area (TPSA) is 43.6 Å². The van der Waals surface area contributed by atoms with E-state index >= 15 is 0 Å². The number of carbonyl (C=O) groups is 1. The van der Waals surface area contributed by atoms with Crippen LogP contribution in [0.3, 0.4) is 0 Å². The molecule has 0 aliphatic rings. The molecule has 136 valence electrons. The minimum atomic E-state index is -0.0727. The van der Waals surface area contributed by atoms with Crippen molar-refractivity contribution in [1.82, 2.24) is 4.57 Å². The summed E-state index contributed by atoms with van der Waals surface area (Å²) in [6.45, 7) is 4.96. The zero-order valence-electron chi connectivity index (χ0n) is 15.2. The van der Waals surface area contributed by atoms with Gasteiger partial charge in [0, 0.05) is 23.6 Å². The van der Waals surface area contributed by atoms with E-state index in [0.29, 0.717) is 12.2 Å². The number of carbonyl (C=O) groups excluding carboxylic acids is 1. The predicted octanol–water partition coefficient (Wildman–Crippen LogP) is 4.65. The van der Waals surface area contributed by atoms with Crippen molar-refractivity contribution in [2.75, 3.05) is 12.9 Å². The van der Waals surface area contributed by atoms with E-state index < -0.39 is 0 Å². The molecule has 0 spiro atoms. The molecule has 3 rings (SSSR count). The van der Waals surface area contributed by atoms with Crippen LogP contribution in [0.2, 0.25) is 0 Å². The summed E-state index contributed by atoms with van der Waals surface area (Å²) in [5.41, 5.74) is 2.36. The van der Waals surface area contributed by atoms with Crippen LogP contribution in [0.4, 0.5) is 0 Å². The van der Waals surface area contributed by atoms with Crippen LogP contribution >= 0.6 is 23.1 Å². The Hall–Kier alpha value is -2.05. The number of amides is 1. The fourth-order valence-electron chi connectivity index (χ4n) is 2.66. The van der Waals surface area contributed by atoms with Crippen molar-refractivity contribution < 1.29 is 9.53 Å². The lowest BCUT2D eigenvalue weighted by Crippen LogP contribution is -2.15. The summed E-state index contributed by atoms with van der Waals surface area (Å²) in [5, 5.41) is 0. The Kier molecular flexibility index (Phi) is 6.16. The van der Waals surface area contributed by atoms with Crippen LogP contribution in [-0.4, -0.2) is 23.3 Å². The molecular weight excluding hydrogens is 364 g/mol. The van der Waals surface area contributed by atoms with Gasteiger partial charge < -0.3 is 9.30 Å². The summed E-state index contributed by atoms with van der Waals surface area (Å²) in [6, 6.07) is 14.2. The molecule has 0 bridgehead atoms. The second-order valence-electron chi connectivity index (χ2n) is 5.88. The van der Waals surface area contributed by atoms with Gasteiger partial charge in [0.15, 0.2) is 4.80 Å². The van der Waals surface area contributed by atoms with E-state index in [1.807, 2.05) is 24.3 Å². The van der Waals surface area contributed by atoms with Crippen molar-refractivity contribution in [3.8, 4) is 5.75 Å². The summed E-state index contributed by atoms with van der Waals surface area (Å²) in [4.78, 5) is 18.6. The fourth-order valence-corrected chi connectivity index (χ4v) is 4.71. The number of hydrogen-bond donors (Lipinski definition) is 0. The van der Waals surface area contributed by atoms with Gasteiger partial charge in [0.05, 0.1) is 17.3 Å². The molecule has 1 aromatic heterocycles. The van der Waals surface area contributed by atoms with Crippen LogP contribution in [0.15, 0.2) is 52.4 Å². The zero-order valence-corrected chi connectivity index (χ0v) is 16.8. The lowest BCUT2D eigenvalue weighted by Gasteiger charge is -2.02. The van der Waals surface area contributed by atoms with Gasteiger partial charge in [-0.1, -0.05) is 17.4 Å². The Labute approximate surface area is 161 Å². The number of methoxy groups -OCH3 is 1. The van der Waals surface area contributed by atoms with Gasteiger partial charge in [-0.3, -0.25) is 4.79 Å². The third-order valence-corrected chi connectivity index (χ3v) is 6.07. The van der Waals surface area contributed by atoms with Gasteiger partial charge in [-0.25, -0.2) is 0 Å². The summed E-state index contributed by atoms with van der Waals surface area (Å²) >= 11 is 3.24. The highest BCUT2D eigenvalue weighted by atomic mass is 32.2. The van der Waals surface area contributed by atoms with E-state index in [4.69, 9.17) is 4.74 Å². The Morgan fingerprint density at radius 1 is 1.23 bits per heavy atom. The molecule has 0 radical (unpaired) electrons. The maximum absolute atomic E-state index is 12.3. The van der Waals surface area contributed by atoms with Gasteiger partial charge in [0.25, 0.3) is 0 Å². The average molecular weight is 387 g/mol. The Morgan fingerprint density at radius 2 is 2.00 bits per heavy atom. The zero-order chi connectivity index (χ0) is 18.5. The normalized spacial score (nSPS) is 11.9. The lowest BCUT2D eigenvalue weighted by atomic mass is 10.2. The number of hydrogen-bond acceptors (Lipinski definition) is 4. The number of fused-ring (bicyclic) bond motifs is 1. The number of aromatic nitrogens is 1. The maximum Gasteiger partial charge on any atom is 0.249 e. The van der Waals surface area contributed by atoms with Crippen LogP contribution in [0.25, 0.3) is 10.2 Å². The highest BCUT2D eigenvalue weighted by molar-refractivity contribution is 7.99. The molecule has 0 saturated carbocycles. The van der Waals surface area contributed by atoms with Crippen LogP contribution in [0.1, 0.15) is 18.9 Å². The molecule has 4 nitrogen and oxygen atoms in total. The van der Waals surface area contributed by atoms with Crippen LogP contribution in [0.5, 0.6) is 5.75 Å². The number of rotatable bonds is 6. The maximum atomic E-state index is 12.3. The molecule has 0 N–H and O–H groups in total. The van der Waals surface area contributed by atoms with E-state index in [1.165, 1.54) is 10.3 Å². The van der Waals surface area contributed by atoms with E-state index in [0.717, 1.165) is 27.5 Å². The third-order valence-electron chi connectivity index (χ3n) is 4.02. The first-order valence-electron chi connectivity index (χ1n) is 8.55. The minimum absolute atomic E-state index is 0.0727. The molecule has 26 heavy (non-hydrogen) atoms. The second-order valence-corrected chi connectivity index (χ2v) is 8.06. The van der Waals surface area contributed by atoms with Gasteiger partial charge in [-0.2, -0.15) is 4.99 Å². The van der Waals surface area contributed by atoms with Gasteiger partial charge >= 0.3 is 0 Å². The van der Waals surface area contributed by atoms with E-state index in [1.54, 1.807) is 30.2 Å². The number of ether oxygens (including phenoxy) is 1. The average Bonchev–Trinajstić information content (AvgIpc) is 2.98. The van der Waals surface area contributed by atoms with E-state index in [2.05, 4.69) is 41.6 Å². The molecule has 2 aromatic carbocycles. The highest BCUT2D eigenvalue weighted by Crippen LogP contribution is 2.22. The van der Waals surface area contributed by atoms with Gasteiger partial charge in [-0.05, 0) is 55.8 Å². The molecule has 0 atom stereocenters. The monoisotopic (exact) mass is 386 g/mol. The first-order valence-corrected chi connectivity index (χ1v) is 10.4. The van der Waals surface area contributed by atoms with Gasteiger partial charge in [-0.15, -0.1) is 11.8 Å². The molecule has 0 fully saturated rings. The molecule has 0 saturated heterocycles. The van der Waals surface area contributed by atoms with Crippen molar-refractivity contribution in [3.63, 3.8) is 0 Å². The van der Waals surface area contributed by atoms with Gasteiger partial charge in [0.2, 0.25) is 5.91 Å². The number of benzene rings is 2.